The van der Waals surface area contributed by atoms with E-state index < -0.39 is 0 Å². The summed E-state index contributed by atoms with van der Waals surface area (Å²) in [5.74, 6) is 1.05. The highest BCUT2D eigenvalue weighted by molar-refractivity contribution is 5.92. The molecule has 1 amide bonds. The van der Waals surface area contributed by atoms with Gasteiger partial charge in [-0.05, 0) is 24.6 Å². The van der Waals surface area contributed by atoms with Crippen LogP contribution in [0.5, 0.6) is 11.5 Å². The Kier molecular flexibility index (Phi) is 4.42. The van der Waals surface area contributed by atoms with Crippen LogP contribution < -0.4 is 20.3 Å². The summed E-state index contributed by atoms with van der Waals surface area (Å²) in [6.45, 7) is 0.336. The number of aromatic nitrogens is 2. The first kappa shape index (κ1) is 17.0. The van der Waals surface area contributed by atoms with Gasteiger partial charge in [0.25, 0.3) is 11.5 Å². The van der Waals surface area contributed by atoms with E-state index in [0.29, 0.717) is 30.2 Å². The average Bonchev–Trinajstić information content (AvgIpc) is 3.10. The molecule has 138 valence electrons. The van der Waals surface area contributed by atoms with Gasteiger partial charge < -0.3 is 14.8 Å². The fourth-order valence-electron chi connectivity index (χ4n) is 3.19. The van der Waals surface area contributed by atoms with Crippen LogP contribution in [0.3, 0.4) is 0 Å². The van der Waals surface area contributed by atoms with Gasteiger partial charge in [-0.15, -0.1) is 0 Å². The summed E-state index contributed by atoms with van der Waals surface area (Å²) in [4.78, 5) is 24.8. The molecule has 0 bridgehead atoms. The SMILES string of the molecule is COc1cccc2c1OC[C@H](NC(=O)c1cc(=O)n(-c3ccccc3)[nH]1)C2. The predicted molar refractivity (Wildman–Crippen MR) is 99.8 cm³/mol. The number of fused-ring (bicyclic) bond motifs is 1. The van der Waals surface area contributed by atoms with Gasteiger partial charge in [0, 0.05) is 11.6 Å². The lowest BCUT2D eigenvalue weighted by molar-refractivity contribution is 0.0909. The van der Waals surface area contributed by atoms with Gasteiger partial charge in [-0.25, -0.2) is 4.68 Å². The second-order valence-corrected chi connectivity index (χ2v) is 6.31. The Bertz CT molecular complexity index is 1020. The molecule has 0 saturated heterocycles. The van der Waals surface area contributed by atoms with Gasteiger partial charge >= 0.3 is 0 Å². The van der Waals surface area contributed by atoms with Crippen LogP contribution in [0.15, 0.2) is 59.4 Å². The number of H-pyrrole nitrogens is 1. The number of methoxy groups -OCH3 is 1. The molecule has 2 N–H and O–H groups in total. The molecule has 7 heteroatoms. The van der Waals surface area contributed by atoms with Crippen molar-refractivity contribution >= 4 is 5.91 Å². The molecule has 1 aliphatic rings. The van der Waals surface area contributed by atoms with Gasteiger partial charge in [0.1, 0.15) is 12.3 Å². The fourth-order valence-corrected chi connectivity index (χ4v) is 3.19. The number of hydrogen-bond donors (Lipinski definition) is 2. The van der Waals surface area contributed by atoms with Gasteiger partial charge in [0.2, 0.25) is 0 Å². The number of carbonyl (C=O) groups excluding carboxylic acids is 1. The van der Waals surface area contributed by atoms with E-state index in [1.165, 1.54) is 10.7 Å². The maximum absolute atomic E-state index is 12.6. The number of nitrogens with zero attached hydrogens (tertiary/aromatic N) is 1. The number of para-hydroxylation sites is 2. The zero-order chi connectivity index (χ0) is 18.8. The van der Waals surface area contributed by atoms with Crippen LogP contribution in [-0.4, -0.2) is 35.4 Å². The molecule has 0 unspecified atom stereocenters. The summed E-state index contributed by atoms with van der Waals surface area (Å²) in [7, 11) is 1.60. The fraction of sp³-hybridized carbons (Fsp3) is 0.200. The molecule has 4 rings (SSSR count). The number of amides is 1. The highest BCUT2D eigenvalue weighted by Gasteiger charge is 2.25. The summed E-state index contributed by atoms with van der Waals surface area (Å²) in [6, 6.07) is 15.9. The third kappa shape index (κ3) is 3.31. The molecular weight excluding hydrogens is 346 g/mol. The number of nitrogens with one attached hydrogen (secondary N) is 2. The summed E-state index contributed by atoms with van der Waals surface area (Å²) in [5, 5.41) is 5.77. The maximum atomic E-state index is 12.6. The van der Waals surface area contributed by atoms with Crippen molar-refractivity contribution in [2.75, 3.05) is 13.7 Å². The molecule has 3 aromatic rings. The number of aromatic amines is 1. The third-order valence-electron chi connectivity index (χ3n) is 4.49. The topological polar surface area (TPSA) is 85.3 Å². The molecule has 0 saturated carbocycles. The smallest absolute Gasteiger partial charge is 0.271 e. The van der Waals surface area contributed by atoms with E-state index in [1.54, 1.807) is 19.2 Å². The van der Waals surface area contributed by atoms with Crippen molar-refractivity contribution in [3.05, 3.63) is 76.2 Å². The Morgan fingerprint density at radius 3 is 2.81 bits per heavy atom. The van der Waals surface area contributed by atoms with Crippen molar-refractivity contribution in [2.24, 2.45) is 0 Å². The van der Waals surface area contributed by atoms with E-state index in [0.717, 1.165) is 5.56 Å². The van der Waals surface area contributed by atoms with Crippen LogP contribution in [-0.2, 0) is 6.42 Å². The maximum Gasteiger partial charge on any atom is 0.271 e. The van der Waals surface area contributed by atoms with Crippen LogP contribution >= 0.6 is 0 Å². The predicted octanol–water partition coefficient (Wildman–Crippen LogP) is 1.91. The van der Waals surface area contributed by atoms with E-state index in [-0.39, 0.29) is 23.2 Å². The first-order chi connectivity index (χ1) is 13.2. The van der Waals surface area contributed by atoms with Crippen LogP contribution in [0.4, 0.5) is 0 Å². The summed E-state index contributed by atoms with van der Waals surface area (Å²) >= 11 is 0. The zero-order valence-electron chi connectivity index (χ0n) is 14.8. The number of rotatable bonds is 4. The van der Waals surface area contributed by atoms with Crippen LogP contribution in [0.2, 0.25) is 0 Å². The van der Waals surface area contributed by atoms with Crippen molar-refractivity contribution < 1.29 is 14.3 Å². The largest absolute Gasteiger partial charge is 0.493 e. The van der Waals surface area contributed by atoms with E-state index in [4.69, 9.17) is 9.47 Å². The quantitative estimate of drug-likeness (QED) is 0.740. The van der Waals surface area contributed by atoms with Gasteiger partial charge in [0.05, 0.1) is 18.8 Å². The Balaban J connectivity index is 1.50. The normalized spacial score (nSPS) is 15.5. The lowest BCUT2D eigenvalue weighted by atomic mass is 10.0. The third-order valence-corrected chi connectivity index (χ3v) is 4.49. The van der Waals surface area contributed by atoms with E-state index in [2.05, 4.69) is 10.4 Å². The first-order valence-electron chi connectivity index (χ1n) is 8.63. The molecule has 2 aromatic carbocycles. The van der Waals surface area contributed by atoms with Crippen molar-refractivity contribution in [1.29, 1.82) is 0 Å². The van der Waals surface area contributed by atoms with E-state index in [9.17, 15) is 9.59 Å². The van der Waals surface area contributed by atoms with E-state index in [1.807, 2.05) is 36.4 Å². The molecule has 0 aliphatic carbocycles. The lowest BCUT2D eigenvalue weighted by Crippen LogP contribution is -2.43. The lowest BCUT2D eigenvalue weighted by Gasteiger charge is -2.27. The van der Waals surface area contributed by atoms with E-state index >= 15 is 0 Å². The molecule has 0 radical (unpaired) electrons. The van der Waals surface area contributed by atoms with Crippen molar-refractivity contribution in [3.63, 3.8) is 0 Å². The molecule has 1 aromatic heterocycles. The molecule has 7 nitrogen and oxygen atoms in total. The molecule has 2 heterocycles. The van der Waals surface area contributed by atoms with Gasteiger partial charge in [-0.2, -0.15) is 0 Å². The summed E-state index contributed by atoms with van der Waals surface area (Å²) < 4.78 is 12.4. The van der Waals surface area contributed by atoms with Crippen molar-refractivity contribution in [1.82, 2.24) is 15.1 Å². The summed E-state index contributed by atoms with van der Waals surface area (Å²) in [6.07, 6.45) is 0.627. The van der Waals surface area contributed by atoms with Crippen LogP contribution in [0.25, 0.3) is 5.69 Å². The monoisotopic (exact) mass is 365 g/mol. The van der Waals surface area contributed by atoms with Crippen molar-refractivity contribution in [3.8, 4) is 17.2 Å². The van der Waals surface area contributed by atoms with Crippen LogP contribution in [0.1, 0.15) is 16.1 Å². The summed E-state index contributed by atoms with van der Waals surface area (Å²) in [5.41, 5.74) is 1.56. The molecular formula is C20H19N3O4. The van der Waals surface area contributed by atoms with Gasteiger partial charge in [0.15, 0.2) is 11.5 Å². The van der Waals surface area contributed by atoms with Gasteiger partial charge in [-0.3, -0.25) is 14.7 Å². The molecule has 0 spiro atoms. The molecule has 1 atom stereocenters. The molecule has 1 aliphatic heterocycles. The van der Waals surface area contributed by atoms with Crippen molar-refractivity contribution in [2.45, 2.75) is 12.5 Å². The number of benzene rings is 2. The first-order valence-corrected chi connectivity index (χ1v) is 8.63. The molecule has 0 fully saturated rings. The highest BCUT2D eigenvalue weighted by atomic mass is 16.5. The van der Waals surface area contributed by atoms with Gasteiger partial charge in [-0.1, -0.05) is 30.3 Å². The minimum absolute atomic E-state index is 0.194. The minimum Gasteiger partial charge on any atom is -0.493 e. The number of hydrogen-bond acceptors (Lipinski definition) is 4. The Morgan fingerprint density at radius 2 is 2.04 bits per heavy atom. The number of carbonyl (C=O) groups is 1. The highest BCUT2D eigenvalue weighted by Crippen LogP contribution is 2.34. The van der Waals surface area contributed by atoms with Crippen LogP contribution in [0, 0.1) is 0 Å². The average molecular weight is 365 g/mol. The number of ether oxygens (including phenoxy) is 2. The zero-order valence-corrected chi connectivity index (χ0v) is 14.8. The molecule has 27 heavy (non-hydrogen) atoms. The second kappa shape index (κ2) is 7.03. The standard InChI is InChI=1S/C20H19N3O4/c1-26-17-9-5-6-13-10-14(12-27-19(13)17)21-20(25)16-11-18(24)23(22-16)15-7-3-2-4-8-15/h2-9,11,14,22H,10,12H2,1H3,(H,21,25)/t14-/m1/s1. The second-order valence-electron chi connectivity index (χ2n) is 6.31. The Morgan fingerprint density at radius 1 is 1.22 bits per heavy atom. The Labute approximate surface area is 155 Å². The Hall–Kier alpha value is -3.48. The minimum atomic E-state index is -0.346.